The molecule has 2 aromatic heterocycles. The van der Waals surface area contributed by atoms with Crippen LogP contribution in [0.5, 0.6) is 0 Å². The second-order valence-corrected chi connectivity index (χ2v) is 7.87. The Hall–Kier alpha value is -1.33. The summed E-state index contributed by atoms with van der Waals surface area (Å²) in [5.74, 6) is 1.27. The molecule has 0 unspecified atom stereocenters. The molecule has 2 N–H and O–H groups in total. The maximum atomic E-state index is 11.3. The first-order valence-corrected chi connectivity index (χ1v) is 9.77. The van der Waals surface area contributed by atoms with Gasteiger partial charge in [0.05, 0.1) is 4.88 Å². The van der Waals surface area contributed by atoms with Crippen molar-refractivity contribution in [1.82, 2.24) is 19.3 Å². The number of hydrogen-bond donors (Lipinski definition) is 1. The van der Waals surface area contributed by atoms with Crippen LogP contribution in [0.2, 0.25) is 0 Å². The van der Waals surface area contributed by atoms with Gasteiger partial charge in [0.25, 0.3) is 10.2 Å². The van der Waals surface area contributed by atoms with Crippen molar-refractivity contribution in [2.75, 3.05) is 32.7 Å². The van der Waals surface area contributed by atoms with Crippen LogP contribution in [0.4, 0.5) is 0 Å². The first-order valence-electron chi connectivity index (χ1n) is 7.39. The Labute approximate surface area is 139 Å². The molecule has 0 saturated carbocycles. The lowest BCUT2D eigenvalue weighted by Gasteiger charge is -2.32. The molecule has 1 aliphatic heterocycles. The van der Waals surface area contributed by atoms with Gasteiger partial charge >= 0.3 is 0 Å². The molecule has 23 heavy (non-hydrogen) atoms. The molecule has 0 radical (unpaired) electrons. The lowest BCUT2D eigenvalue weighted by Crippen LogP contribution is -2.50. The first kappa shape index (κ1) is 16.5. The second kappa shape index (κ2) is 7.05. The first-order chi connectivity index (χ1) is 11.0. The standard InChI is InChI=1S/C13H19N5O3S2/c14-23(19,20)18-8-6-17(7-9-18)5-1-4-12-15-13(16-21-12)11-3-2-10-22-11/h2-3,10H,1,4-9H2,(H2,14,19,20). The highest BCUT2D eigenvalue weighted by atomic mass is 32.2. The fraction of sp³-hybridized carbons (Fsp3) is 0.538. The number of nitrogens with zero attached hydrogens (tertiary/aromatic N) is 4. The van der Waals surface area contributed by atoms with Gasteiger partial charge in [-0.15, -0.1) is 11.3 Å². The third-order valence-corrected chi connectivity index (χ3v) is 5.72. The Morgan fingerprint density at radius 2 is 2.09 bits per heavy atom. The smallest absolute Gasteiger partial charge is 0.276 e. The summed E-state index contributed by atoms with van der Waals surface area (Å²) in [7, 11) is -3.56. The summed E-state index contributed by atoms with van der Waals surface area (Å²) < 4.78 is 29.1. The molecule has 3 heterocycles. The quantitative estimate of drug-likeness (QED) is 0.809. The number of rotatable bonds is 6. The van der Waals surface area contributed by atoms with E-state index >= 15 is 0 Å². The summed E-state index contributed by atoms with van der Waals surface area (Å²) in [5, 5.41) is 11.1. The van der Waals surface area contributed by atoms with E-state index in [0.717, 1.165) is 17.8 Å². The van der Waals surface area contributed by atoms with Gasteiger partial charge in [-0.2, -0.15) is 17.7 Å². The zero-order valence-electron chi connectivity index (χ0n) is 12.6. The van der Waals surface area contributed by atoms with E-state index < -0.39 is 10.2 Å². The van der Waals surface area contributed by atoms with E-state index in [9.17, 15) is 8.42 Å². The minimum atomic E-state index is -3.56. The lowest BCUT2D eigenvalue weighted by molar-refractivity contribution is 0.185. The van der Waals surface area contributed by atoms with Crippen LogP contribution in [0.15, 0.2) is 22.0 Å². The fourth-order valence-corrected chi connectivity index (χ4v) is 3.85. The van der Waals surface area contributed by atoms with Gasteiger partial charge in [0.15, 0.2) is 0 Å². The maximum absolute atomic E-state index is 11.3. The van der Waals surface area contributed by atoms with E-state index in [1.807, 2.05) is 17.5 Å². The van der Waals surface area contributed by atoms with Crippen molar-refractivity contribution in [3.8, 4) is 10.7 Å². The topological polar surface area (TPSA) is 106 Å². The molecule has 0 aliphatic carbocycles. The average Bonchev–Trinajstić information content (AvgIpc) is 3.18. The number of hydrogen-bond acceptors (Lipinski definition) is 7. The van der Waals surface area contributed by atoms with Crippen molar-refractivity contribution >= 4 is 21.5 Å². The summed E-state index contributed by atoms with van der Waals surface area (Å²) in [6.07, 6.45) is 1.61. The Morgan fingerprint density at radius 1 is 1.30 bits per heavy atom. The van der Waals surface area contributed by atoms with Gasteiger partial charge < -0.3 is 9.42 Å². The van der Waals surface area contributed by atoms with Crippen molar-refractivity contribution in [2.24, 2.45) is 5.14 Å². The van der Waals surface area contributed by atoms with E-state index in [1.54, 1.807) is 11.3 Å². The molecule has 3 rings (SSSR count). The summed E-state index contributed by atoms with van der Waals surface area (Å²) >= 11 is 1.58. The van der Waals surface area contributed by atoms with Crippen LogP contribution in [0.3, 0.4) is 0 Å². The molecule has 1 fully saturated rings. The molecular weight excluding hydrogens is 338 g/mol. The zero-order chi connectivity index (χ0) is 16.3. The Balaban J connectivity index is 1.42. The molecule has 0 bridgehead atoms. The van der Waals surface area contributed by atoms with Crippen LogP contribution >= 0.6 is 11.3 Å². The molecule has 10 heteroatoms. The molecule has 0 amide bonds. The molecular formula is C13H19N5O3S2. The SMILES string of the molecule is NS(=O)(=O)N1CCN(CCCc2nc(-c3cccs3)no2)CC1. The van der Waals surface area contributed by atoms with Crippen LogP contribution in [0.1, 0.15) is 12.3 Å². The van der Waals surface area contributed by atoms with Gasteiger partial charge in [-0.1, -0.05) is 11.2 Å². The predicted molar refractivity (Wildman–Crippen MR) is 87.1 cm³/mol. The van der Waals surface area contributed by atoms with Crippen molar-refractivity contribution in [3.63, 3.8) is 0 Å². The number of aromatic nitrogens is 2. The van der Waals surface area contributed by atoms with E-state index in [-0.39, 0.29) is 0 Å². The minimum Gasteiger partial charge on any atom is -0.339 e. The van der Waals surface area contributed by atoms with Crippen LogP contribution in [0.25, 0.3) is 10.7 Å². The molecule has 0 aromatic carbocycles. The van der Waals surface area contributed by atoms with Gasteiger partial charge in [-0.25, -0.2) is 5.14 Å². The van der Waals surface area contributed by atoms with Gasteiger partial charge in [-0.05, 0) is 24.4 Å². The number of nitrogens with two attached hydrogens (primary N) is 1. The van der Waals surface area contributed by atoms with Crippen LogP contribution < -0.4 is 5.14 Å². The van der Waals surface area contributed by atoms with E-state index in [0.29, 0.717) is 44.3 Å². The van der Waals surface area contributed by atoms with E-state index in [1.165, 1.54) is 4.31 Å². The van der Waals surface area contributed by atoms with Crippen LogP contribution in [0, 0.1) is 0 Å². The third-order valence-electron chi connectivity index (χ3n) is 3.77. The molecule has 126 valence electrons. The highest BCUT2D eigenvalue weighted by molar-refractivity contribution is 7.86. The molecule has 0 spiro atoms. The van der Waals surface area contributed by atoms with Gasteiger partial charge in [0, 0.05) is 32.6 Å². The highest BCUT2D eigenvalue weighted by Crippen LogP contribution is 2.21. The molecule has 0 atom stereocenters. The second-order valence-electron chi connectivity index (χ2n) is 5.38. The van der Waals surface area contributed by atoms with E-state index in [4.69, 9.17) is 9.66 Å². The minimum absolute atomic E-state index is 0.446. The monoisotopic (exact) mass is 357 g/mol. The molecule has 1 saturated heterocycles. The summed E-state index contributed by atoms with van der Waals surface area (Å²) in [6, 6.07) is 3.92. The maximum Gasteiger partial charge on any atom is 0.276 e. The third kappa shape index (κ3) is 4.36. The van der Waals surface area contributed by atoms with Gasteiger partial charge in [0.2, 0.25) is 11.7 Å². The number of aryl methyl sites for hydroxylation is 1. The Kier molecular flexibility index (Phi) is 5.07. The lowest BCUT2D eigenvalue weighted by atomic mass is 10.2. The van der Waals surface area contributed by atoms with Crippen LogP contribution in [-0.4, -0.2) is 60.5 Å². The van der Waals surface area contributed by atoms with Crippen LogP contribution in [-0.2, 0) is 16.6 Å². The summed E-state index contributed by atoms with van der Waals surface area (Å²) in [4.78, 5) is 7.61. The van der Waals surface area contributed by atoms with Crippen molar-refractivity contribution in [1.29, 1.82) is 0 Å². The Morgan fingerprint density at radius 3 is 2.74 bits per heavy atom. The van der Waals surface area contributed by atoms with E-state index in [2.05, 4.69) is 15.0 Å². The Bertz CT molecular complexity index is 721. The van der Waals surface area contributed by atoms with Gasteiger partial charge in [0.1, 0.15) is 0 Å². The number of thiophene rings is 1. The molecule has 8 nitrogen and oxygen atoms in total. The van der Waals surface area contributed by atoms with Crippen molar-refractivity contribution in [3.05, 3.63) is 23.4 Å². The molecule has 1 aliphatic rings. The summed E-state index contributed by atoms with van der Waals surface area (Å²) in [6.45, 7) is 3.15. The zero-order valence-corrected chi connectivity index (χ0v) is 14.2. The normalized spacial score (nSPS) is 17.6. The molecule has 2 aromatic rings. The van der Waals surface area contributed by atoms with Crippen molar-refractivity contribution in [2.45, 2.75) is 12.8 Å². The largest absolute Gasteiger partial charge is 0.339 e. The van der Waals surface area contributed by atoms with Gasteiger partial charge in [-0.3, -0.25) is 0 Å². The summed E-state index contributed by atoms with van der Waals surface area (Å²) in [5.41, 5.74) is 0. The highest BCUT2D eigenvalue weighted by Gasteiger charge is 2.23. The van der Waals surface area contributed by atoms with Crippen molar-refractivity contribution < 1.29 is 12.9 Å². The fourth-order valence-electron chi connectivity index (χ4n) is 2.52. The average molecular weight is 357 g/mol. The number of piperazine rings is 1. The predicted octanol–water partition coefficient (Wildman–Crippen LogP) is 0.552.